The maximum absolute atomic E-state index is 13.2. The third kappa shape index (κ3) is 2.54. The van der Waals surface area contributed by atoms with Crippen molar-refractivity contribution >= 4 is 16.8 Å². The Bertz CT molecular complexity index is 1020. The third-order valence-corrected chi connectivity index (χ3v) is 4.84. The van der Waals surface area contributed by atoms with Crippen molar-refractivity contribution < 1.29 is 4.79 Å². The number of carbonyl (C=O) groups is 1. The molecule has 26 heavy (non-hydrogen) atoms. The van der Waals surface area contributed by atoms with Gasteiger partial charge in [-0.2, -0.15) is 5.26 Å². The Kier molecular flexibility index (Phi) is 3.96. The number of hydrogen-bond acceptors (Lipinski definition) is 4. The number of fused-ring (bicyclic) bond motifs is 2. The molecule has 1 aliphatic rings. The van der Waals surface area contributed by atoms with E-state index >= 15 is 0 Å². The van der Waals surface area contributed by atoms with Crippen molar-refractivity contribution in [3.05, 3.63) is 47.7 Å². The average molecular weight is 348 g/mol. The number of benzene rings is 1. The van der Waals surface area contributed by atoms with Gasteiger partial charge in [-0.15, -0.1) is 10.2 Å². The van der Waals surface area contributed by atoms with Crippen LogP contribution in [0.25, 0.3) is 10.9 Å². The van der Waals surface area contributed by atoms with E-state index in [-0.39, 0.29) is 12.5 Å². The molecule has 0 atom stereocenters. The normalized spacial score (nSPS) is 13.8. The van der Waals surface area contributed by atoms with Gasteiger partial charge in [0.2, 0.25) is 0 Å². The monoisotopic (exact) mass is 348 g/mol. The van der Waals surface area contributed by atoms with Crippen molar-refractivity contribution in [1.29, 1.82) is 5.26 Å². The van der Waals surface area contributed by atoms with Crippen molar-refractivity contribution in [1.82, 2.24) is 24.2 Å². The van der Waals surface area contributed by atoms with Crippen molar-refractivity contribution in [2.45, 2.75) is 39.4 Å². The molecule has 0 saturated heterocycles. The van der Waals surface area contributed by atoms with Gasteiger partial charge in [-0.1, -0.05) is 32.0 Å². The van der Waals surface area contributed by atoms with Crippen molar-refractivity contribution in [2.24, 2.45) is 0 Å². The lowest BCUT2D eigenvalue weighted by atomic mass is 10.2. The molecule has 1 amide bonds. The van der Waals surface area contributed by atoms with Gasteiger partial charge >= 0.3 is 0 Å². The zero-order valence-electron chi connectivity index (χ0n) is 14.9. The number of carbonyl (C=O) groups excluding carboxylic acids is 1. The van der Waals surface area contributed by atoms with Crippen LogP contribution in [0.2, 0.25) is 0 Å². The Morgan fingerprint density at radius 3 is 2.85 bits per heavy atom. The summed E-state index contributed by atoms with van der Waals surface area (Å²) < 4.78 is 3.90. The van der Waals surface area contributed by atoms with Gasteiger partial charge in [-0.3, -0.25) is 4.79 Å². The first-order valence-corrected chi connectivity index (χ1v) is 8.76. The van der Waals surface area contributed by atoms with E-state index in [0.29, 0.717) is 31.2 Å². The Balaban J connectivity index is 1.67. The molecule has 0 spiro atoms. The standard InChI is InChI=1S/C19H20N6O/c1-13(2)18-22-21-17-12-23(9-10-25(17)18)19(26)16-11-14-5-3-4-6-15(14)24(16)8-7-20/h3-6,11,13H,8-10,12H2,1-2H3. The summed E-state index contributed by atoms with van der Waals surface area (Å²) in [6.07, 6.45) is 0. The van der Waals surface area contributed by atoms with Gasteiger partial charge in [0.05, 0.1) is 12.6 Å². The molecule has 132 valence electrons. The topological polar surface area (TPSA) is 79.7 Å². The second kappa shape index (κ2) is 6.30. The molecular formula is C19H20N6O. The zero-order valence-corrected chi connectivity index (χ0v) is 14.9. The summed E-state index contributed by atoms with van der Waals surface area (Å²) in [5.74, 6) is 2.01. The van der Waals surface area contributed by atoms with Gasteiger partial charge in [0.15, 0.2) is 5.82 Å². The summed E-state index contributed by atoms with van der Waals surface area (Å²) >= 11 is 0. The smallest absolute Gasteiger partial charge is 0.271 e. The van der Waals surface area contributed by atoms with Crippen LogP contribution in [-0.4, -0.2) is 36.7 Å². The van der Waals surface area contributed by atoms with E-state index in [1.54, 1.807) is 9.47 Å². The molecule has 0 fully saturated rings. The van der Waals surface area contributed by atoms with E-state index in [9.17, 15) is 10.1 Å². The molecule has 1 aromatic carbocycles. The number of aromatic nitrogens is 4. The van der Waals surface area contributed by atoms with Crippen molar-refractivity contribution in [3.63, 3.8) is 0 Å². The lowest BCUT2D eigenvalue weighted by Gasteiger charge is -2.28. The number of nitriles is 1. The van der Waals surface area contributed by atoms with Crippen LogP contribution in [0.4, 0.5) is 0 Å². The number of hydrogen-bond donors (Lipinski definition) is 0. The minimum Gasteiger partial charge on any atom is -0.328 e. The summed E-state index contributed by atoms with van der Waals surface area (Å²) in [7, 11) is 0. The van der Waals surface area contributed by atoms with Crippen LogP contribution >= 0.6 is 0 Å². The van der Waals surface area contributed by atoms with Crippen LogP contribution in [0, 0.1) is 11.3 Å². The largest absolute Gasteiger partial charge is 0.328 e. The van der Waals surface area contributed by atoms with Crippen LogP contribution in [0.3, 0.4) is 0 Å². The van der Waals surface area contributed by atoms with Gasteiger partial charge in [0.1, 0.15) is 18.1 Å². The summed E-state index contributed by atoms with van der Waals surface area (Å²) in [5.41, 5.74) is 1.45. The fraction of sp³-hybridized carbons (Fsp3) is 0.368. The highest BCUT2D eigenvalue weighted by Crippen LogP contribution is 2.24. The summed E-state index contributed by atoms with van der Waals surface area (Å²) in [4.78, 5) is 14.9. The molecule has 3 aromatic rings. The molecule has 2 aromatic heterocycles. The van der Waals surface area contributed by atoms with E-state index in [0.717, 1.165) is 22.6 Å². The first kappa shape index (κ1) is 16.3. The molecule has 0 radical (unpaired) electrons. The molecule has 0 N–H and O–H groups in total. The van der Waals surface area contributed by atoms with E-state index in [1.165, 1.54) is 0 Å². The number of amides is 1. The van der Waals surface area contributed by atoms with E-state index in [1.807, 2.05) is 30.3 Å². The van der Waals surface area contributed by atoms with Crippen molar-refractivity contribution in [3.8, 4) is 6.07 Å². The SMILES string of the molecule is CC(C)c1nnc2n1CCN(C(=O)c1cc3ccccc3n1CC#N)C2. The predicted octanol–water partition coefficient (Wildman–Crippen LogP) is 2.54. The summed E-state index contributed by atoms with van der Waals surface area (Å²) in [6.45, 7) is 6.07. The molecule has 7 heteroatoms. The molecule has 0 bridgehead atoms. The fourth-order valence-electron chi connectivity index (χ4n) is 3.57. The molecular weight excluding hydrogens is 328 g/mol. The van der Waals surface area contributed by atoms with Gasteiger partial charge in [0.25, 0.3) is 5.91 Å². The van der Waals surface area contributed by atoms with Gasteiger partial charge in [-0.05, 0) is 12.1 Å². The quantitative estimate of drug-likeness (QED) is 0.728. The third-order valence-electron chi connectivity index (χ3n) is 4.84. The highest BCUT2D eigenvalue weighted by Gasteiger charge is 2.28. The van der Waals surface area contributed by atoms with Gasteiger partial charge in [-0.25, -0.2) is 0 Å². The Labute approximate surface area is 151 Å². The van der Waals surface area contributed by atoms with Crippen LogP contribution in [0.1, 0.15) is 41.9 Å². The fourth-order valence-corrected chi connectivity index (χ4v) is 3.57. The van der Waals surface area contributed by atoms with Crippen LogP contribution in [0.15, 0.2) is 30.3 Å². The average Bonchev–Trinajstić information content (AvgIpc) is 3.23. The molecule has 4 rings (SSSR count). The predicted molar refractivity (Wildman–Crippen MR) is 96.4 cm³/mol. The zero-order chi connectivity index (χ0) is 18.3. The molecule has 0 aliphatic carbocycles. The van der Waals surface area contributed by atoms with Crippen LogP contribution in [-0.2, 0) is 19.6 Å². The first-order valence-electron chi connectivity index (χ1n) is 8.76. The Morgan fingerprint density at radius 1 is 1.27 bits per heavy atom. The van der Waals surface area contributed by atoms with Gasteiger partial charge in [0, 0.05) is 29.9 Å². The van der Waals surface area contributed by atoms with E-state index < -0.39 is 0 Å². The molecule has 3 heterocycles. The van der Waals surface area contributed by atoms with E-state index in [2.05, 4.69) is 34.7 Å². The Morgan fingerprint density at radius 2 is 2.08 bits per heavy atom. The lowest BCUT2D eigenvalue weighted by molar-refractivity contribution is 0.0696. The minimum absolute atomic E-state index is 0.0724. The second-order valence-electron chi connectivity index (χ2n) is 6.84. The van der Waals surface area contributed by atoms with Crippen molar-refractivity contribution in [2.75, 3.05) is 6.54 Å². The number of nitrogens with zero attached hydrogens (tertiary/aromatic N) is 6. The number of para-hydroxylation sites is 1. The maximum atomic E-state index is 13.2. The van der Waals surface area contributed by atoms with Crippen LogP contribution in [0.5, 0.6) is 0 Å². The van der Waals surface area contributed by atoms with Crippen LogP contribution < -0.4 is 0 Å². The molecule has 0 saturated carbocycles. The lowest BCUT2D eigenvalue weighted by Crippen LogP contribution is -2.39. The maximum Gasteiger partial charge on any atom is 0.271 e. The van der Waals surface area contributed by atoms with E-state index in [4.69, 9.17) is 0 Å². The summed E-state index contributed by atoms with van der Waals surface area (Å²) in [6, 6.07) is 11.8. The second-order valence-corrected chi connectivity index (χ2v) is 6.84. The van der Waals surface area contributed by atoms with Gasteiger partial charge < -0.3 is 14.0 Å². The minimum atomic E-state index is -0.0724. The molecule has 0 unspecified atom stereocenters. The molecule has 7 nitrogen and oxygen atoms in total. The molecule has 1 aliphatic heterocycles. The summed E-state index contributed by atoms with van der Waals surface area (Å²) in [5, 5.41) is 18.7. The number of rotatable bonds is 3. The highest BCUT2D eigenvalue weighted by molar-refractivity contribution is 5.98. The highest BCUT2D eigenvalue weighted by atomic mass is 16.2. The Hall–Kier alpha value is -3.14. The first-order chi connectivity index (χ1) is 12.6.